The first-order chi connectivity index (χ1) is 12.2. The summed E-state index contributed by atoms with van der Waals surface area (Å²) in [4.78, 5) is 30.7. The lowest BCUT2D eigenvalue weighted by Gasteiger charge is -2.40. The lowest BCUT2D eigenvalue weighted by Crippen LogP contribution is -2.55. The number of urea groups is 1. The monoisotopic (exact) mass is 347 g/mol. The van der Waals surface area contributed by atoms with Crippen LogP contribution in [0.5, 0.6) is 0 Å². The Balaban J connectivity index is 1.63. The summed E-state index contributed by atoms with van der Waals surface area (Å²) in [6, 6.07) is 9.28. The number of methoxy groups -OCH3 is 1. The Morgan fingerprint density at radius 1 is 0.960 bits per heavy atom. The lowest BCUT2D eigenvalue weighted by molar-refractivity contribution is -0.148. The standard InChI is InChI=1S/C18H25N3O4/c1-24-17(22)16(15-5-3-2-4-6-15)19-7-9-20(10-8-19)18(23)21-11-13-25-14-12-21/h2-6,16H,7-14H2,1H3. The first kappa shape index (κ1) is 17.7. The predicted octanol–water partition coefficient (Wildman–Crippen LogP) is 0.971. The van der Waals surface area contributed by atoms with Crippen molar-refractivity contribution in [2.24, 2.45) is 0 Å². The van der Waals surface area contributed by atoms with Gasteiger partial charge in [0.15, 0.2) is 0 Å². The number of carbonyl (C=O) groups excluding carboxylic acids is 2. The molecule has 136 valence electrons. The minimum Gasteiger partial charge on any atom is -0.468 e. The molecule has 2 fully saturated rings. The first-order valence-corrected chi connectivity index (χ1v) is 8.69. The minimum atomic E-state index is -0.424. The molecule has 7 heteroatoms. The average molecular weight is 347 g/mol. The highest BCUT2D eigenvalue weighted by atomic mass is 16.5. The lowest BCUT2D eigenvalue weighted by atomic mass is 10.0. The maximum absolute atomic E-state index is 12.6. The van der Waals surface area contributed by atoms with Gasteiger partial charge >= 0.3 is 12.0 Å². The van der Waals surface area contributed by atoms with Gasteiger partial charge < -0.3 is 19.3 Å². The molecular weight excluding hydrogens is 322 g/mol. The zero-order chi connectivity index (χ0) is 17.6. The van der Waals surface area contributed by atoms with Crippen LogP contribution in [0.2, 0.25) is 0 Å². The highest BCUT2D eigenvalue weighted by Crippen LogP contribution is 2.24. The number of nitrogens with zero attached hydrogens (tertiary/aromatic N) is 3. The molecule has 0 radical (unpaired) electrons. The predicted molar refractivity (Wildman–Crippen MR) is 92.1 cm³/mol. The fourth-order valence-electron chi connectivity index (χ4n) is 3.37. The van der Waals surface area contributed by atoms with Crippen molar-refractivity contribution in [3.8, 4) is 0 Å². The molecule has 0 bridgehead atoms. The van der Waals surface area contributed by atoms with Gasteiger partial charge in [0.2, 0.25) is 0 Å². The topological polar surface area (TPSA) is 62.3 Å². The molecular formula is C18H25N3O4. The van der Waals surface area contributed by atoms with Crippen molar-refractivity contribution < 1.29 is 19.1 Å². The van der Waals surface area contributed by atoms with Crippen LogP contribution in [0, 0.1) is 0 Å². The van der Waals surface area contributed by atoms with Gasteiger partial charge in [-0.2, -0.15) is 0 Å². The van der Waals surface area contributed by atoms with Crippen LogP contribution < -0.4 is 0 Å². The van der Waals surface area contributed by atoms with Gasteiger partial charge in [0.05, 0.1) is 20.3 Å². The molecule has 1 atom stereocenters. The Morgan fingerprint density at radius 3 is 2.16 bits per heavy atom. The third kappa shape index (κ3) is 4.11. The summed E-state index contributed by atoms with van der Waals surface area (Å²) in [6.07, 6.45) is 0. The number of ether oxygens (including phenoxy) is 2. The Kier molecular flexibility index (Phi) is 5.88. The largest absolute Gasteiger partial charge is 0.468 e. The van der Waals surface area contributed by atoms with E-state index in [2.05, 4.69) is 4.90 Å². The number of carbonyl (C=O) groups is 2. The van der Waals surface area contributed by atoms with Crippen molar-refractivity contribution in [3.05, 3.63) is 35.9 Å². The molecule has 7 nitrogen and oxygen atoms in total. The van der Waals surface area contributed by atoms with Crippen LogP contribution in [0.1, 0.15) is 11.6 Å². The van der Waals surface area contributed by atoms with E-state index in [-0.39, 0.29) is 12.0 Å². The molecule has 0 aliphatic carbocycles. The van der Waals surface area contributed by atoms with E-state index < -0.39 is 6.04 Å². The normalized spacial score (nSPS) is 20.2. The summed E-state index contributed by atoms with van der Waals surface area (Å²) in [6.45, 7) is 5.00. The van der Waals surface area contributed by atoms with E-state index in [0.717, 1.165) is 5.56 Å². The van der Waals surface area contributed by atoms with Crippen LogP contribution in [0.25, 0.3) is 0 Å². The van der Waals surface area contributed by atoms with Gasteiger partial charge in [0, 0.05) is 39.3 Å². The smallest absolute Gasteiger partial charge is 0.327 e. The number of piperazine rings is 1. The average Bonchev–Trinajstić information content (AvgIpc) is 2.69. The van der Waals surface area contributed by atoms with E-state index >= 15 is 0 Å². The van der Waals surface area contributed by atoms with Gasteiger partial charge in [-0.25, -0.2) is 9.59 Å². The van der Waals surface area contributed by atoms with E-state index in [1.165, 1.54) is 7.11 Å². The van der Waals surface area contributed by atoms with Crippen LogP contribution in [0.15, 0.2) is 30.3 Å². The van der Waals surface area contributed by atoms with E-state index in [4.69, 9.17) is 9.47 Å². The van der Waals surface area contributed by atoms with E-state index in [1.807, 2.05) is 40.1 Å². The molecule has 2 aliphatic heterocycles. The van der Waals surface area contributed by atoms with Crippen molar-refractivity contribution in [2.75, 3.05) is 59.6 Å². The SMILES string of the molecule is COC(=O)C(c1ccccc1)N1CCN(C(=O)N2CCOCC2)CC1. The second-order valence-corrected chi connectivity index (χ2v) is 6.24. The van der Waals surface area contributed by atoms with Crippen LogP contribution in [0.3, 0.4) is 0 Å². The summed E-state index contributed by atoms with van der Waals surface area (Å²) in [5.41, 5.74) is 0.919. The molecule has 2 saturated heterocycles. The van der Waals surface area contributed by atoms with Crippen LogP contribution in [-0.4, -0.2) is 86.3 Å². The number of morpholine rings is 1. The summed E-state index contributed by atoms with van der Waals surface area (Å²) >= 11 is 0. The second kappa shape index (κ2) is 8.31. The highest BCUT2D eigenvalue weighted by Gasteiger charge is 2.33. The molecule has 0 saturated carbocycles. The number of benzene rings is 1. The summed E-state index contributed by atoms with van der Waals surface area (Å²) < 4.78 is 10.3. The van der Waals surface area contributed by atoms with Gasteiger partial charge in [0.25, 0.3) is 0 Å². The number of hydrogen-bond donors (Lipinski definition) is 0. The van der Waals surface area contributed by atoms with Crippen LogP contribution in [-0.2, 0) is 14.3 Å². The zero-order valence-corrected chi connectivity index (χ0v) is 14.6. The third-order valence-corrected chi connectivity index (χ3v) is 4.77. The molecule has 25 heavy (non-hydrogen) atoms. The molecule has 0 N–H and O–H groups in total. The molecule has 0 aromatic heterocycles. The Morgan fingerprint density at radius 2 is 1.56 bits per heavy atom. The number of amides is 2. The number of esters is 1. The second-order valence-electron chi connectivity index (χ2n) is 6.24. The quantitative estimate of drug-likeness (QED) is 0.763. The van der Waals surface area contributed by atoms with Crippen molar-refractivity contribution in [1.82, 2.24) is 14.7 Å². The Labute approximate surface area is 148 Å². The van der Waals surface area contributed by atoms with Crippen molar-refractivity contribution in [2.45, 2.75) is 6.04 Å². The van der Waals surface area contributed by atoms with Crippen LogP contribution >= 0.6 is 0 Å². The minimum absolute atomic E-state index is 0.0669. The molecule has 1 aromatic carbocycles. The molecule has 2 amide bonds. The van der Waals surface area contributed by atoms with E-state index in [0.29, 0.717) is 52.5 Å². The third-order valence-electron chi connectivity index (χ3n) is 4.77. The van der Waals surface area contributed by atoms with Crippen molar-refractivity contribution in [3.63, 3.8) is 0 Å². The van der Waals surface area contributed by atoms with Gasteiger partial charge in [0.1, 0.15) is 6.04 Å². The first-order valence-electron chi connectivity index (χ1n) is 8.69. The van der Waals surface area contributed by atoms with Gasteiger partial charge in [-0.3, -0.25) is 4.90 Å². The van der Waals surface area contributed by atoms with Gasteiger partial charge in [-0.1, -0.05) is 30.3 Å². The zero-order valence-electron chi connectivity index (χ0n) is 14.6. The van der Waals surface area contributed by atoms with Gasteiger partial charge in [-0.05, 0) is 5.56 Å². The molecule has 2 heterocycles. The van der Waals surface area contributed by atoms with Crippen molar-refractivity contribution in [1.29, 1.82) is 0 Å². The van der Waals surface area contributed by atoms with Crippen molar-refractivity contribution >= 4 is 12.0 Å². The van der Waals surface area contributed by atoms with Crippen LogP contribution in [0.4, 0.5) is 4.79 Å². The van der Waals surface area contributed by atoms with E-state index in [9.17, 15) is 9.59 Å². The fraction of sp³-hybridized carbons (Fsp3) is 0.556. The highest BCUT2D eigenvalue weighted by molar-refractivity contribution is 5.78. The molecule has 1 unspecified atom stereocenters. The number of rotatable bonds is 3. The number of hydrogen-bond acceptors (Lipinski definition) is 5. The van der Waals surface area contributed by atoms with E-state index in [1.54, 1.807) is 0 Å². The molecule has 3 rings (SSSR count). The molecule has 1 aromatic rings. The maximum atomic E-state index is 12.6. The molecule has 2 aliphatic rings. The maximum Gasteiger partial charge on any atom is 0.327 e. The molecule has 0 spiro atoms. The summed E-state index contributed by atoms with van der Waals surface area (Å²) in [7, 11) is 1.41. The fourth-order valence-corrected chi connectivity index (χ4v) is 3.37. The Bertz CT molecular complexity index is 581. The summed E-state index contributed by atoms with van der Waals surface area (Å²) in [5.74, 6) is -0.265. The summed E-state index contributed by atoms with van der Waals surface area (Å²) in [5, 5.41) is 0. The van der Waals surface area contributed by atoms with Gasteiger partial charge in [-0.15, -0.1) is 0 Å². The Hall–Kier alpha value is -2.12.